The van der Waals surface area contributed by atoms with Crippen LogP contribution in [0.2, 0.25) is 0 Å². The summed E-state index contributed by atoms with van der Waals surface area (Å²) in [6.07, 6.45) is 12.7. The molecule has 17 heavy (non-hydrogen) atoms. The van der Waals surface area contributed by atoms with Crippen LogP contribution in [0, 0.1) is 0 Å². The van der Waals surface area contributed by atoms with Gasteiger partial charge in [0, 0.05) is 12.8 Å². The Labute approximate surface area is 103 Å². The van der Waals surface area contributed by atoms with Gasteiger partial charge < -0.3 is 5.11 Å². The van der Waals surface area contributed by atoms with Crippen LogP contribution in [0.1, 0.15) is 51.9 Å². The average molecular weight is 238 g/mol. The maximum absolute atomic E-state index is 11.2. The van der Waals surface area contributed by atoms with Crippen LogP contribution in [0.3, 0.4) is 0 Å². The highest BCUT2D eigenvalue weighted by Gasteiger charge is 1.99. The lowest BCUT2D eigenvalue weighted by atomic mass is 10.1. The molecule has 0 aromatic carbocycles. The van der Waals surface area contributed by atoms with Crippen molar-refractivity contribution in [1.82, 2.24) is 0 Å². The highest BCUT2D eigenvalue weighted by molar-refractivity contribution is 5.90. The molecule has 0 fully saturated rings. The lowest BCUT2D eigenvalue weighted by molar-refractivity contribution is -0.137. The Hall–Kier alpha value is -1.38. The zero-order valence-corrected chi connectivity index (χ0v) is 10.5. The van der Waals surface area contributed by atoms with Gasteiger partial charge in [0.15, 0.2) is 5.78 Å². The molecule has 0 heterocycles. The fraction of sp³-hybridized carbons (Fsp3) is 0.571. The highest BCUT2D eigenvalue weighted by atomic mass is 16.4. The van der Waals surface area contributed by atoms with E-state index in [2.05, 4.69) is 13.0 Å². The number of hydrogen-bond acceptors (Lipinski definition) is 2. The van der Waals surface area contributed by atoms with Gasteiger partial charge in [0.25, 0.3) is 0 Å². The Morgan fingerprint density at radius 1 is 1.06 bits per heavy atom. The molecule has 0 aromatic heterocycles. The number of carbonyl (C=O) groups is 2. The van der Waals surface area contributed by atoms with E-state index in [9.17, 15) is 9.59 Å². The summed E-state index contributed by atoms with van der Waals surface area (Å²) in [5.74, 6) is -0.859. The van der Waals surface area contributed by atoms with E-state index in [-0.39, 0.29) is 12.2 Å². The summed E-state index contributed by atoms with van der Waals surface area (Å²) in [4.78, 5) is 21.5. The molecule has 3 nitrogen and oxygen atoms in total. The monoisotopic (exact) mass is 238 g/mol. The molecule has 0 rings (SSSR count). The highest BCUT2D eigenvalue weighted by Crippen LogP contribution is 2.00. The average Bonchev–Trinajstić information content (AvgIpc) is 2.27. The number of aliphatic carboxylic acids is 1. The molecule has 0 aliphatic carbocycles. The first-order chi connectivity index (χ1) is 8.16. The summed E-state index contributed by atoms with van der Waals surface area (Å²) in [7, 11) is 0. The number of carboxylic acids is 1. The first kappa shape index (κ1) is 15.6. The summed E-state index contributed by atoms with van der Waals surface area (Å²) in [5, 5.41) is 8.40. The summed E-state index contributed by atoms with van der Waals surface area (Å²) >= 11 is 0. The van der Waals surface area contributed by atoms with Crippen LogP contribution in [0.5, 0.6) is 0 Å². The third-order valence-electron chi connectivity index (χ3n) is 2.32. The molecule has 0 aromatic rings. The van der Waals surface area contributed by atoms with Gasteiger partial charge in [-0.05, 0) is 25.3 Å². The van der Waals surface area contributed by atoms with Crippen molar-refractivity contribution in [1.29, 1.82) is 0 Å². The van der Waals surface area contributed by atoms with Crippen LogP contribution in [0.4, 0.5) is 0 Å². The molecule has 0 spiro atoms. The van der Waals surface area contributed by atoms with Crippen molar-refractivity contribution in [3.05, 3.63) is 24.3 Å². The summed E-state index contributed by atoms with van der Waals surface area (Å²) in [6.45, 7) is 2.17. The van der Waals surface area contributed by atoms with Crippen molar-refractivity contribution in [3.8, 4) is 0 Å². The minimum Gasteiger partial charge on any atom is -0.481 e. The van der Waals surface area contributed by atoms with Crippen LogP contribution >= 0.6 is 0 Å². The van der Waals surface area contributed by atoms with Gasteiger partial charge in [-0.15, -0.1) is 0 Å². The first-order valence-electron chi connectivity index (χ1n) is 6.24. The number of hydrogen-bond donors (Lipinski definition) is 1. The molecule has 0 unspecified atom stereocenters. The number of unbranched alkanes of at least 4 members (excludes halogenated alkanes) is 3. The van der Waals surface area contributed by atoms with Crippen molar-refractivity contribution in [2.75, 3.05) is 0 Å². The molecule has 0 radical (unpaired) electrons. The summed E-state index contributed by atoms with van der Waals surface area (Å²) < 4.78 is 0. The third-order valence-corrected chi connectivity index (χ3v) is 2.32. The fourth-order valence-electron chi connectivity index (χ4n) is 1.35. The van der Waals surface area contributed by atoms with Gasteiger partial charge >= 0.3 is 5.97 Å². The van der Waals surface area contributed by atoms with Gasteiger partial charge in [-0.3, -0.25) is 9.59 Å². The SMILES string of the molecule is CCCCC/C=C\C=C\C(=O)CCCC(=O)O. The number of rotatable bonds is 10. The second-order valence-corrected chi connectivity index (χ2v) is 4.00. The van der Waals surface area contributed by atoms with Gasteiger partial charge in [0.2, 0.25) is 0 Å². The molecule has 1 N–H and O–H groups in total. The second-order valence-electron chi connectivity index (χ2n) is 4.00. The molecule has 0 saturated carbocycles. The van der Waals surface area contributed by atoms with Crippen LogP contribution in [0.15, 0.2) is 24.3 Å². The molecule has 0 aliphatic rings. The van der Waals surface area contributed by atoms with Crippen molar-refractivity contribution < 1.29 is 14.7 Å². The Balaban J connectivity index is 3.55. The molecule has 96 valence electrons. The van der Waals surface area contributed by atoms with Crippen LogP contribution in [-0.2, 0) is 9.59 Å². The first-order valence-corrected chi connectivity index (χ1v) is 6.24. The van der Waals surface area contributed by atoms with Gasteiger partial charge in [0.05, 0.1) is 0 Å². The Kier molecular flexibility index (Phi) is 10.2. The van der Waals surface area contributed by atoms with E-state index in [1.165, 1.54) is 25.3 Å². The lowest BCUT2D eigenvalue weighted by Gasteiger charge is -1.92. The molecule has 0 amide bonds. The molecular weight excluding hydrogens is 216 g/mol. The fourth-order valence-corrected chi connectivity index (χ4v) is 1.35. The van der Waals surface area contributed by atoms with Crippen molar-refractivity contribution in [3.63, 3.8) is 0 Å². The zero-order chi connectivity index (χ0) is 12.9. The zero-order valence-electron chi connectivity index (χ0n) is 10.5. The van der Waals surface area contributed by atoms with E-state index in [0.29, 0.717) is 12.8 Å². The standard InChI is InChI=1S/C14H22O3/c1-2-3-4-5-6-7-8-10-13(15)11-9-12-14(16)17/h6-8,10H,2-5,9,11-12H2,1H3,(H,16,17)/b7-6-,10-8+. The molecule has 3 heteroatoms. The molecule has 0 saturated heterocycles. The smallest absolute Gasteiger partial charge is 0.303 e. The maximum Gasteiger partial charge on any atom is 0.303 e. The summed E-state index contributed by atoms with van der Waals surface area (Å²) in [5.41, 5.74) is 0. The normalized spacial score (nSPS) is 11.4. The van der Waals surface area contributed by atoms with E-state index in [4.69, 9.17) is 5.11 Å². The van der Waals surface area contributed by atoms with Crippen molar-refractivity contribution >= 4 is 11.8 Å². The molecular formula is C14H22O3. The van der Waals surface area contributed by atoms with Gasteiger partial charge in [-0.25, -0.2) is 0 Å². The Bertz CT molecular complexity index is 277. The number of allylic oxidation sites excluding steroid dienone is 4. The van der Waals surface area contributed by atoms with Crippen molar-refractivity contribution in [2.45, 2.75) is 51.9 Å². The van der Waals surface area contributed by atoms with Crippen LogP contribution < -0.4 is 0 Å². The number of ketones is 1. The van der Waals surface area contributed by atoms with E-state index in [1.807, 2.05) is 6.08 Å². The Morgan fingerprint density at radius 3 is 2.47 bits per heavy atom. The topological polar surface area (TPSA) is 54.4 Å². The predicted molar refractivity (Wildman–Crippen MR) is 68.9 cm³/mol. The minimum absolute atomic E-state index is 0.00976. The Morgan fingerprint density at radius 2 is 1.82 bits per heavy atom. The van der Waals surface area contributed by atoms with E-state index < -0.39 is 5.97 Å². The van der Waals surface area contributed by atoms with E-state index in [1.54, 1.807) is 6.08 Å². The largest absolute Gasteiger partial charge is 0.481 e. The van der Waals surface area contributed by atoms with Crippen molar-refractivity contribution in [2.24, 2.45) is 0 Å². The summed E-state index contributed by atoms with van der Waals surface area (Å²) in [6, 6.07) is 0. The van der Waals surface area contributed by atoms with Gasteiger partial charge in [0.1, 0.15) is 0 Å². The minimum atomic E-state index is -0.849. The number of carbonyl (C=O) groups excluding carboxylic acids is 1. The lowest BCUT2D eigenvalue weighted by Crippen LogP contribution is -1.97. The molecule has 0 aliphatic heterocycles. The third kappa shape index (κ3) is 12.6. The van der Waals surface area contributed by atoms with E-state index in [0.717, 1.165) is 6.42 Å². The quantitative estimate of drug-likeness (QED) is 0.360. The maximum atomic E-state index is 11.2. The van der Waals surface area contributed by atoms with Crippen LogP contribution in [0.25, 0.3) is 0 Å². The van der Waals surface area contributed by atoms with E-state index >= 15 is 0 Å². The second kappa shape index (κ2) is 11.1. The number of carboxylic acid groups (broad SMARTS) is 1. The predicted octanol–water partition coefficient (Wildman–Crippen LogP) is 3.50. The molecule has 0 atom stereocenters. The van der Waals surface area contributed by atoms with Crippen LogP contribution in [-0.4, -0.2) is 16.9 Å². The van der Waals surface area contributed by atoms with Gasteiger partial charge in [-0.2, -0.15) is 0 Å². The van der Waals surface area contributed by atoms with Gasteiger partial charge in [-0.1, -0.05) is 38.0 Å². The molecule has 0 bridgehead atoms.